The highest BCUT2D eigenvalue weighted by atomic mass is 31.2. The predicted octanol–water partition coefficient (Wildman–Crippen LogP) is -0.902. The van der Waals surface area contributed by atoms with Crippen molar-refractivity contribution in [2.24, 2.45) is 0 Å². The Bertz CT molecular complexity index is 265. The van der Waals surface area contributed by atoms with Crippen molar-refractivity contribution < 1.29 is 48.9 Å². The van der Waals surface area contributed by atoms with E-state index in [-0.39, 0.29) is 12.8 Å². The van der Waals surface area contributed by atoms with Crippen LogP contribution in [0.2, 0.25) is 0 Å². The molecule has 0 amide bonds. The zero-order valence-corrected chi connectivity index (χ0v) is 9.57. The van der Waals surface area contributed by atoms with Crippen LogP contribution in [-0.4, -0.2) is 47.9 Å². The largest absolute Gasteiger partial charge is 0.481 e. The molecule has 0 saturated carbocycles. The topological polar surface area (TPSA) is 190 Å². The molecule has 6 N–H and O–H groups in total. The lowest BCUT2D eigenvalue weighted by atomic mass is 10.3. The maximum Gasteiger partial charge on any atom is 0.466 e. The molecule has 0 aliphatic carbocycles. The smallest absolute Gasteiger partial charge is 0.466 e. The van der Waals surface area contributed by atoms with Gasteiger partial charge in [-0.05, 0) is 0 Å². The summed E-state index contributed by atoms with van der Waals surface area (Å²) in [4.78, 5) is 49.8. The zero-order valence-electron chi connectivity index (χ0n) is 8.68. The van der Waals surface area contributed by atoms with Crippen LogP contribution in [0.3, 0.4) is 0 Å². The number of carboxylic acid groups (broad SMARTS) is 3. The summed E-state index contributed by atoms with van der Waals surface area (Å²) < 4.78 is 8.88. The van der Waals surface area contributed by atoms with Crippen molar-refractivity contribution >= 4 is 25.7 Å². The van der Waals surface area contributed by atoms with Gasteiger partial charge in [0.25, 0.3) is 5.97 Å². The first kappa shape index (κ1) is 20.9. The highest BCUT2D eigenvalue weighted by Gasteiger charge is 2.00. The molecular formula is C6H13O10P. The van der Waals surface area contributed by atoms with Gasteiger partial charge < -0.3 is 30.0 Å². The summed E-state index contributed by atoms with van der Waals surface area (Å²) >= 11 is 0. The Hall–Kier alpha value is -1.48. The molecule has 0 atom stereocenters. The highest BCUT2D eigenvalue weighted by molar-refractivity contribution is 7.45. The van der Waals surface area contributed by atoms with E-state index in [0.717, 1.165) is 6.92 Å². The summed E-state index contributed by atoms with van der Waals surface area (Å²) in [5.74, 6) is -2.99. The van der Waals surface area contributed by atoms with Gasteiger partial charge in [0.05, 0.1) is 12.8 Å². The monoisotopic (exact) mass is 276 g/mol. The third-order valence-corrected chi connectivity index (χ3v) is 0.553. The fourth-order valence-corrected chi connectivity index (χ4v) is 0.214. The van der Waals surface area contributed by atoms with Crippen LogP contribution in [0, 0.1) is 0 Å². The van der Waals surface area contributed by atoms with E-state index >= 15 is 0 Å². The second-order valence-electron chi connectivity index (χ2n) is 2.32. The van der Waals surface area contributed by atoms with Gasteiger partial charge in [-0.3, -0.25) is 14.4 Å². The standard InChI is InChI=1S/C4H6O4.C2H4O2.H3O4P/c5-3(6)1-2-4(7)8;1-2(3)4;1-5(2,3)4/h1-2H2,(H,5,6)(H,7,8);1H3,(H,3,4);(H3,1,2,3,4). The van der Waals surface area contributed by atoms with Gasteiger partial charge >= 0.3 is 19.8 Å². The number of phosphoric acid groups is 1. The molecular weight excluding hydrogens is 263 g/mol. The molecule has 0 aromatic rings. The van der Waals surface area contributed by atoms with Gasteiger partial charge in [0.2, 0.25) is 0 Å². The quantitative estimate of drug-likeness (QED) is 0.352. The van der Waals surface area contributed by atoms with E-state index < -0.39 is 25.7 Å². The molecule has 0 aliphatic heterocycles. The average molecular weight is 276 g/mol. The molecule has 0 bridgehead atoms. The first-order valence-corrected chi connectivity index (χ1v) is 5.34. The molecule has 0 rings (SSSR count). The predicted molar refractivity (Wildman–Crippen MR) is 52.1 cm³/mol. The first-order chi connectivity index (χ1) is 7.36. The Morgan fingerprint density at radius 3 is 1.06 bits per heavy atom. The maximum atomic E-state index is 9.64. The Morgan fingerprint density at radius 2 is 1.00 bits per heavy atom. The molecule has 0 unspecified atom stereocenters. The van der Waals surface area contributed by atoms with E-state index in [1.807, 2.05) is 0 Å². The maximum absolute atomic E-state index is 9.64. The first-order valence-electron chi connectivity index (χ1n) is 3.77. The molecule has 0 aromatic carbocycles. The van der Waals surface area contributed by atoms with Gasteiger partial charge in [-0.2, -0.15) is 0 Å². The van der Waals surface area contributed by atoms with Gasteiger partial charge in [-0.25, -0.2) is 4.57 Å². The van der Waals surface area contributed by atoms with E-state index in [1.165, 1.54) is 0 Å². The Labute approximate surface area is 95.4 Å². The summed E-state index contributed by atoms with van der Waals surface area (Å²) in [6.07, 6.45) is -0.593. The Balaban J connectivity index is -0.000000188. The van der Waals surface area contributed by atoms with Crippen LogP contribution in [0.25, 0.3) is 0 Å². The van der Waals surface area contributed by atoms with Crippen LogP contribution in [0.5, 0.6) is 0 Å². The normalized spacial score (nSPS) is 8.94. The van der Waals surface area contributed by atoms with Crippen LogP contribution in [0.15, 0.2) is 0 Å². The lowest BCUT2D eigenvalue weighted by Crippen LogP contribution is -2.00. The third kappa shape index (κ3) is 184. The molecule has 102 valence electrons. The van der Waals surface area contributed by atoms with E-state index in [9.17, 15) is 9.59 Å². The molecule has 0 heterocycles. The van der Waals surface area contributed by atoms with Gasteiger partial charge in [-0.15, -0.1) is 0 Å². The molecule has 0 radical (unpaired) electrons. The number of rotatable bonds is 3. The van der Waals surface area contributed by atoms with Crippen LogP contribution in [0.1, 0.15) is 19.8 Å². The lowest BCUT2D eigenvalue weighted by molar-refractivity contribution is -0.143. The molecule has 0 saturated heterocycles. The van der Waals surface area contributed by atoms with Gasteiger partial charge in [0.15, 0.2) is 0 Å². The fraction of sp³-hybridized carbons (Fsp3) is 0.500. The average Bonchev–Trinajstić information content (AvgIpc) is 1.96. The number of aliphatic carboxylic acids is 3. The molecule has 0 fully saturated rings. The van der Waals surface area contributed by atoms with E-state index in [2.05, 4.69) is 0 Å². The second kappa shape index (κ2) is 11.0. The van der Waals surface area contributed by atoms with Crippen molar-refractivity contribution in [3.63, 3.8) is 0 Å². The highest BCUT2D eigenvalue weighted by Crippen LogP contribution is 2.25. The summed E-state index contributed by atoms with van der Waals surface area (Å²) in [5, 5.41) is 23.2. The second-order valence-corrected chi connectivity index (χ2v) is 3.35. The van der Waals surface area contributed by atoms with Gasteiger partial charge in [0.1, 0.15) is 0 Å². The summed E-state index contributed by atoms with van der Waals surface area (Å²) in [5.41, 5.74) is 0. The van der Waals surface area contributed by atoms with Crippen molar-refractivity contribution in [3.05, 3.63) is 0 Å². The molecule has 0 spiro atoms. The molecule has 10 nitrogen and oxygen atoms in total. The molecule has 17 heavy (non-hydrogen) atoms. The number of carbonyl (C=O) groups is 3. The van der Waals surface area contributed by atoms with Crippen LogP contribution in [0.4, 0.5) is 0 Å². The summed E-state index contributed by atoms with van der Waals surface area (Å²) in [6.45, 7) is 1.08. The molecule has 11 heteroatoms. The van der Waals surface area contributed by atoms with Crippen molar-refractivity contribution in [2.75, 3.05) is 0 Å². The Kier molecular flexibility index (Phi) is 13.5. The number of hydrogen-bond acceptors (Lipinski definition) is 4. The van der Waals surface area contributed by atoms with E-state index in [0.29, 0.717) is 0 Å². The van der Waals surface area contributed by atoms with E-state index in [1.54, 1.807) is 0 Å². The Morgan fingerprint density at radius 1 is 0.882 bits per heavy atom. The fourth-order valence-electron chi connectivity index (χ4n) is 0.214. The molecule has 0 aromatic heterocycles. The van der Waals surface area contributed by atoms with E-state index in [4.69, 9.17) is 39.4 Å². The minimum Gasteiger partial charge on any atom is -0.481 e. The minimum absolute atomic E-state index is 0.296. The van der Waals surface area contributed by atoms with Crippen molar-refractivity contribution in [1.82, 2.24) is 0 Å². The van der Waals surface area contributed by atoms with Crippen molar-refractivity contribution in [3.8, 4) is 0 Å². The third-order valence-electron chi connectivity index (χ3n) is 0.553. The van der Waals surface area contributed by atoms with Crippen molar-refractivity contribution in [2.45, 2.75) is 19.8 Å². The van der Waals surface area contributed by atoms with Crippen molar-refractivity contribution in [1.29, 1.82) is 0 Å². The van der Waals surface area contributed by atoms with Gasteiger partial charge in [-0.1, -0.05) is 0 Å². The zero-order chi connectivity index (χ0) is 14.6. The SMILES string of the molecule is CC(=O)O.O=C(O)CCC(=O)O.O=P(O)(O)O. The van der Waals surface area contributed by atoms with Crippen LogP contribution in [-0.2, 0) is 18.9 Å². The summed E-state index contributed by atoms with van der Waals surface area (Å²) in [7, 11) is -4.64. The number of carboxylic acids is 3. The van der Waals surface area contributed by atoms with Crippen LogP contribution < -0.4 is 0 Å². The number of hydrogen-bond donors (Lipinski definition) is 6. The summed E-state index contributed by atoms with van der Waals surface area (Å²) in [6, 6.07) is 0. The van der Waals surface area contributed by atoms with Gasteiger partial charge in [0, 0.05) is 6.92 Å². The van der Waals surface area contributed by atoms with Crippen LogP contribution >= 0.6 is 7.82 Å². The molecule has 0 aliphatic rings. The minimum atomic E-state index is -4.64. The lowest BCUT2D eigenvalue weighted by Gasteiger charge is -1.85.